The molecule has 2 aliphatic heterocycles. The molecule has 0 saturated carbocycles. The summed E-state index contributed by atoms with van der Waals surface area (Å²) in [6.45, 7) is 1.71. The van der Waals surface area contributed by atoms with E-state index in [1.807, 2.05) is 0 Å². The molecule has 1 N–H and O–H groups in total. The molecule has 2 heterocycles. The molecular formula is C19H12Cl4N2O5. The van der Waals surface area contributed by atoms with Crippen molar-refractivity contribution in [3.8, 4) is 11.5 Å². The molecule has 0 bridgehead atoms. The van der Waals surface area contributed by atoms with E-state index in [4.69, 9.17) is 55.9 Å². The van der Waals surface area contributed by atoms with Crippen molar-refractivity contribution in [2.75, 3.05) is 6.79 Å². The van der Waals surface area contributed by atoms with Crippen LogP contribution >= 0.6 is 46.4 Å². The fourth-order valence-electron chi connectivity index (χ4n) is 3.22. The van der Waals surface area contributed by atoms with Crippen molar-refractivity contribution in [2.45, 2.75) is 19.5 Å². The normalized spacial score (nSPS) is 15.4. The van der Waals surface area contributed by atoms with E-state index in [0.717, 1.165) is 10.5 Å². The van der Waals surface area contributed by atoms with Crippen LogP contribution in [-0.2, 0) is 11.3 Å². The van der Waals surface area contributed by atoms with Crippen LogP contribution in [0.3, 0.4) is 0 Å². The minimum Gasteiger partial charge on any atom is -0.454 e. The number of rotatable bonds is 4. The maximum Gasteiger partial charge on any atom is 0.263 e. The number of hydrogen-bond donors (Lipinski definition) is 1. The summed E-state index contributed by atoms with van der Waals surface area (Å²) in [6, 6.07) is 4.11. The largest absolute Gasteiger partial charge is 0.454 e. The van der Waals surface area contributed by atoms with E-state index in [1.54, 1.807) is 18.2 Å². The molecule has 11 heteroatoms. The van der Waals surface area contributed by atoms with Crippen molar-refractivity contribution in [2.24, 2.45) is 0 Å². The van der Waals surface area contributed by atoms with Crippen LogP contribution in [0.5, 0.6) is 11.5 Å². The number of fused-ring (bicyclic) bond motifs is 2. The van der Waals surface area contributed by atoms with Crippen molar-refractivity contribution in [3.05, 3.63) is 55.0 Å². The summed E-state index contributed by atoms with van der Waals surface area (Å²) in [6.07, 6.45) is 0. The van der Waals surface area contributed by atoms with Crippen LogP contribution in [0.4, 0.5) is 0 Å². The van der Waals surface area contributed by atoms with Crippen molar-refractivity contribution >= 4 is 64.1 Å². The van der Waals surface area contributed by atoms with E-state index in [2.05, 4.69) is 5.32 Å². The molecule has 0 radical (unpaired) electrons. The highest BCUT2D eigenvalue weighted by Crippen LogP contribution is 2.45. The first-order valence-electron chi connectivity index (χ1n) is 8.62. The van der Waals surface area contributed by atoms with Gasteiger partial charge in [-0.2, -0.15) is 0 Å². The second-order valence-electron chi connectivity index (χ2n) is 6.57. The molecule has 1 atom stereocenters. The standard InChI is InChI=1S/C19H12Cl4N2O5/c1-7(17(26)24-5-8-2-3-9-10(4-8)30-6-29-9)25-18(27)11-12(19(25)28)14(21)16(23)15(22)13(11)20/h2-4,7H,5-6H2,1H3,(H,24,26). The lowest BCUT2D eigenvalue weighted by atomic mass is 10.1. The quantitative estimate of drug-likeness (QED) is 0.392. The lowest BCUT2D eigenvalue weighted by Crippen LogP contribution is -2.47. The first-order chi connectivity index (χ1) is 14.2. The van der Waals surface area contributed by atoms with Crippen LogP contribution in [0.1, 0.15) is 33.2 Å². The Hall–Kier alpha value is -2.19. The lowest BCUT2D eigenvalue weighted by molar-refractivity contribution is -0.124. The second-order valence-corrected chi connectivity index (χ2v) is 8.08. The molecule has 2 aliphatic rings. The third-order valence-electron chi connectivity index (χ3n) is 4.80. The Labute approximate surface area is 190 Å². The predicted molar refractivity (Wildman–Crippen MR) is 111 cm³/mol. The summed E-state index contributed by atoms with van der Waals surface area (Å²) in [5.41, 5.74) is 0.416. The Balaban J connectivity index is 1.53. The van der Waals surface area contributed by atoms with Gasteiger partial charge >= 0.3 is 0 Å². The van der Waals surface area contributed by atoms with E-state index in [1.165, 1.54) is 6.92 Å². The van der Waals surface area contributed by atoms with Gasteiger partial charge in [-0.1, -0.05) is 52.5 Å². The average Bonchev–Trinajstić information content (AvgIpc) is 3.29. The van der Waals surface area contributed by atoms with Gasteiger partial charge in [0.2, 0.25) is 12.7 Å². The van der Waals surface area contributed by atoms with Gasteiger partial charge in [0.15, 0.2) is 11.5 Å². The van der Waals surface area contributed by atoms with Crippen LogP contribution < -0.4 is 14.8 Å². The number of nitrogens with one attached hydrogen (secondary N) is 1. The number of hydrogen-bond acceptors (Lipinski definition) is 5. The van der Waals surface area contributed by atoms with Gasteiger partial charge < -0.3 is 14.8 Å². The number of benzene rings is 2. The van der Waals surface area contributed by atoms with E-state index in [0.29, 0.717) is 11.5 Å². The average molecular weight is 490 g/mol. The molecule has 30 heavy (non-hydrogen) atoms. The topological polar surface area (TPSA) is 84.9 Å². The number of amides is 3. The number of carbonyl (C=O) groups excluding carboxylic acids is 3. The van der Waals surface area contributed by atoms with Crippen molar-refractivity contribution in [3.63, 3.8) is 0 Å². The van der Waals surface area contributed by atoms with Crippen molar-refractivity contribution in [1.82, 2.24) is 10.2 Å². The van der Waals surface area contributed by atoms with Crippen molar-refractivity contribution < 1.29 is 23.9 Å². The van der Waals surface area contributed by atoms with Crippen LogP contribution in [0, 0.1) is 0 Å². The van der Waals surface area contributed by atoms with Gasteiger partial charge in [0.05, 0.1) is 31.2 Å². The van der Waals surface area contributed by atoms with Crippen LogP contribution in [0.15, 0.2) is 18.2 Å². The summed E-state index contributed by atoms with van der Waals surface area (Å²) < 4.78 is 10.5. The minimum atomic E-state index is -1.13. The zero-order chi connectivity index (χ0) is 21.7. The number of imide groups is 1. The number of ether oxygens (including phenoxy) is 2. The van der Waals surface area contributed by atoms with Gasteiger partial charge in [-0.3, -0.25) is 19.3 Å². The van der Waals surface area contributed by atoms with Crippen molar-refractivity contribution in [1.29, 1.82) is 0 Å². The molecule has 4 rings (SSSR count). The van der Waals surface area contributed by atoms with Gasteiger partial charge in [0.1, 0.15) is 6.04 Å². The van der Waals surface area contributed by atoms with Crippen LogP contribution in [0.25, 0.3) is 0 Å². The zero-order valence-corrected chi connectivity index (χ0v) is 18.2. The molecule has 7 nitrogen and oxygen atoms in total. The molecule has 156 valence electrons. The van der Waals surface area contributed by atoms with Gasteiger partial charge in [-0.05, 0) is 24.6 Å². The molecule has 0 aromatic heterocycles. The molecular weight excluding hydrogens is 478 g/mol. The molecule has 0 spiro atoms. The zero-order valence-electron chi connectivity index (χ0n) is 15.2. The third-order valence-corrected chi connectivity index (χ3v) is 6.60. The first kappa shape index (κ1) is 21.1. The lowest BCUT2D eigenvalue weighted by Gasteiger charge is -2.21. The van der Waals surface area contributed by atoms with E-state index in [-0.39, 0.29) is 44.6 Å². The fraction of sp³-hybridized carbons (Fsp3) is 0.211. The SMILES string of the molecule is CC(C(=O)NCc1ccc2c(c1)OCO2)N1C(=O)c2c(Cl)c(Cl)c(Cl)c(Cl)c2C1=O. The highest BCUT2D eigenvalue weighted by Gasteiger charge is 2.45. The van der Waals surface area contributed by atoms with Gasteiger partial charge in [0, 0.05) is 6.54 Å². The Kier molecular flexibility index (Phi) is 5.48. The van der Waals surface area contributed by atoms with Gasteiger partial charge in [-0.15, -0.1) is 0 Å². The predicted octanol–water partition coefficient (Wildman–Crippen LogP) is 4.33. The summed E-state index contributed by atoms with van der Waals surface area (Å²) in [4.78, 5) is 39.1. The van der Waals surface area contributed by atoms with Crippen LogP contribution in [-0.4, -0.2) is 35.5 Å². The number of halogens is 4. The highest BCUT2D eigenvalue weighted by atomic mass is 35.5. The third kappa shape index (κ3) is 3.26. The Morgan fingerprint density at radius 1 is 1.00 bits per heavy atom. The Morgan fingerprint density at radius 2 is 1.57 bits per heavy atom. The fourth-order valence-corrected chi connectivity index (χ4v) is 4.24. The Morgan fingerprint density at radius 3 is 2.17 bits per heavy atom. The minimum absolute atomic E-state index is 0.134. The molecule has 2 aromatic carbocycles. The summed E-state index contributed by atoms with van der Waals surface area (Å²) in [5.74, 6) is -0.896. The maximum atomic E-state index is 12.8. The van der Waals surface area contributed by atoms with E-state index in [9.17, 15) is 14.4 Å². The molecule has 0 fully saturated rings. The summed E-state index contributed by atoms with van der Waals surface area (Å²) in [7, 11) is 0. The van der Waals surface area contributed by atoms with Gasteiger partial charge in [-0.25, -0.2) is 0 Å². The van der Waals surface area contributed by atoms with E-state index >= 15 is 0 Å². The molecule has 2 aromatic rings. The number of nitrogens with zero attached hydrogens (tertiary/aromatic N) is 1. The molecule has 0 saturated heterocycles. The molecule has 0 aliphatic carbocycles. The smallest absolute Gasteiger partial charge is 0.263 e. The highest BCUT2D eigenvalue weighted by molar-refractivity contribution is 6.55. The summed E-state index contributed by atoms with van der Waals surface area (Å²) >= 11 is 24.2. The molecule has 3 amide bonds. The van der Waals surface area contributed by atoms with Crippen LogP contribution in [0.2, 0.25) is 20.1 Å². The maximum absolute atomic E-state index is 12.8. The summed E-state index contributed by atoms with van der Waals surface area (Å²) in [5, 5.41) is 2.05. The second kappa shape index (κ2) is 7.81. The monoisotopic (exact) mass is 488 g/mol. The molecule has 1 unspecified atom stereocenters. The Bertz CT molecular complexity index is 1070. The van der Waals surface area contributed by atoms with E-state index < -0.39 is 23.8 Å². The first-order valence-corrected chi connectivity index (χ1v) is 10.1. The van der Waals surface area contributed by atoms with Gasteiger partial charge in [0.25, 0.3) is 11.8 Å². The number of carbonyl (C=O) groups is 3.